The lowest BCUT2D eigenvalue weighted by Crippen LogP contribution is -2.48. The highest BCUT2D eigenvalue weighted by molar-refractivity contribution is 7.18. The van der Waals surface area contributed by atoms with Gasteiger partial charge in [0.2, 0.25) is 0 Å². The van der Waals surface area contributed by atoms with Gasteiger partial charge in [0.15, 0.2) is 0 Å². The number of thiazole rings is 1. The van der Waals surface area contributed by atoms with Crippen molar-refractivity contribution in [2.75, 3.05) is 0 Å². The van der Waals surface area contributed by atoms with Crippen LogP contribution in [0.5, 0.6) is 0 Å². The number of benzene rings is 1. The molecule has 1 heterocycles. The Morgan fingerprint density at radius 2 is 2.25 bits per heavy atom. The Balaban J connectivity index is 1.93. The third-order valence-corrected chi connectivity index (χ3v) is 4.27. The molecule has 0 radical (unpaired) electrons. The maximum absolute atomic E-state index is 13.0. The Bertz CT molecular complexity index is 531. The van der Waals surface area contributed by atoms with Crippen molar-refractivity contribution in [1.82, 2.24) is 4.98 Å². The zero-order chi connectivity index (χ0) is 11.2. The first-order valence-corrected chi connectivity index (χ1v) is 6.30. The average Bonchev–Trinajstić information content (AvgIpc) is 2.56. The molecule has 16 heavy (non-hydrogen) atoms. The van der Waals surface area contributed by atoms with E-state index in [0.29, 0.717) is 0 Å². The normalized spacial score (nSPS) is 18.6. The first-order valence-electron chi connectivity index (χ1n) is 5.49. The van der Waals surface area contributed by atoms with Gasteiger partial charge in [-0.05, 0) is 37.5 Å². The van der Waals surface area contributed by atoms with Crippen molar-refractivity contribution in [2.45, 2.75) is 31.2 Å². The van der Waals surface area contributed by atoms with Gasteiger partial charge in [-0.15, -0.1) is 11.3 Å². The van der Waals surface area contributed by atoms with E-state index in [2.05, 4.69) is 4.98 Å². The summed E-state index contributed by atoms with van der Waals surface area (Å²) in [7, 11) is 0. The van der Waals surface area contributed by atoms with Crippen LogP contribution in [0, 0.1) is 5.82 Å². The highest BCUT2D eigenvalue weighted by atomic mass is 32.1. The maximum atomic E-state index is 13.0. The zero-order valence-electron chi connectivity index (χ0n) is 8.87. The van der Waals surface area contributed by atoms with E-state index in [-0.39, 0.29) is 11.4 Å². The van der Waals surface area contributed by atoms with Gasteiger partial charge in [0, 0.05) is 12.0 Å². The molecular formula is C12H13FN2S. The molecule has 84 valence electrons. The smallest absolute Gasteiger partial charge is 0.124 e. The molecule has 1 aliphatic carbocycles. The number of halogens is 1. The standard InChI is InChI=1S/C12H13FN2S/c13-8-2-3-9-10(6-8)16-11(15-9)7-12(14)4-1-5-12/h2-3,6H,1,4-5,7,14H2. The Hall–Kier alpha value is -1.000. The Kier molecular flexibility index (Phi) is 2.23. The Morgan fingerprint density at radius 3 is 2.94 bits per heavy atom. The highest BCUT2D eigenvalue weighted by Gasteiger charge is 2.33. The molecule has 4 heteroatoms. The summed E-state index contributed by atoms with van der Waals surface area (Å²) in [6, 6.07) is 4.72. The molecule has 0 spiro atoms. The maximum Gasteiger partial charge on any atom is 0.124 e. The van der Waals surface area contributed by atoms with Crippen LogP contribution in [0.3, 0.4) is 0 Å². The van der Waals surface area contributed by atoms with Crippen LogP contribution in [-0.2, 0) is 6.42 Å². The number of nitrogens with two attached hydrogens (primary N) is 1. The summed E-state index contributed by atoms with van der Waals surface area (Å²) in [5, 5.41) is 1.03. The molecule has 1 aromatic carbocycles. The summed E-state index contributed by atoms with van der Waals surface area (Å²) in [4.78, 5) is 4.49. The summed E-state index contributed by atoms with van der Waals surface area (Å²) < 4.78 is 13.9. The van der Waals surface area contributed by atoms with Crippen LogP contribution in [0.25, 0.3) is 10.2 Å². The van der Waals surface area contributed by atoms with Crippen LogP contribution in [0.2, 0.25) is 0 Å². The monoisotopic (exact) mass is 236 g/mol. The minimum Gasteiger partial charge on any atom is -0.325 e. The minimum atomic E-state index is -0.200. The van der Waals surface area contributed by atoms with E-state index >= 15 is 0 Å². The third-order valence-electron chi connectivity index (χ3n) is 3.25. The van der Waals surface area contributed by atoms with Gasteiger partial charge >= 0.3 is 0 Å². The molecule has 2 N–H and O–H groups in total. The van der Waals surface area contributed by atoms with Crippen molar-refractivity contribution >= 4 is 21.6 Å². The second kappa shape index (κ2) is 3.50. The fourth-order valence-corrected chi connectivity index (χ4v) is 3.28. The van der Waals surface area contributed by atoms with E-state index in [0.717, 1.165) is 34.5 Å². The van der Waals surface area contributed by atoms with Gasteiger partial charge in [-0.3, -0.25) is 0 Å². The summed E-state index contributed by atoms with van der Waals surface area (Å²) >= 11 is 1.56. The molecule has 2 nitrogen and oxygen atoms in total. The highest BCUT2D eigenvalue weighted by Crippen LogP contribution is 2.34. The van der Waals surface area contributed by atoms with Crippen molar-refractivity contribution in [2.24, 2.45) is 5.73 Å². The van der Waals surface area contributed by atoms with Gasteiger partial charge < -0.3 is 5.73 Å². The topological polar surface area (TPSA) is 38.9 Å². The fourth-order valence-electron chi connectivity index (χ4n) is 2.13. The summed E-state index contributed by atoms with van der Waals surface area (Å²) in [5.41, 5.74) is 7.01. The van der Waals surface area contributed by atoms with Crippen molar-refractivity contribution in [1.29, 1.82) is 0 Å². The predicted molar refractivity (Wildman–Crippen MR) is 64.1 cm³/mol. The second-order valence-electron chi connectivity index (χ2n) is 4.61. The number of nitrogens with zero attached hydrogens (tertiary/aromatic N) is 1. The van der Waals surface area contributed by atoms with Gasteiger partial charge in [0.25, 0.3) is 0 Å². The van der Waals surface area contributed by atoms with E-state index < -0.39 is 0 Å². The molecule has 1 saturated carbocycles. The number of hydrogen-bond donors (Lipinski definition) is 1. The number of aromatic nitrogens is 1. The summed E-state index contributed by atoms with van der Waals surface area (Å²) in [6.07, 6.45) is 4.21. The number of rotatable bonds is 2. The molecule has 0 aliphatic heterocycles. The first-order chi connectivity index (χ1) is 7.65. The van der Waals surface area contributed by atoms with E-state index in [4.69, 9.17) is 5.73 Å². The molecule has 2 aromatic rings. The zero-order valence-corrected chi connectivity index (χ0v) is 9.69. The molecule has 0 unspecified atom stereocenters. The average molecular weight is 236 g/mol. The molecule has 0 atom stereocenters. The molecule has 1 aliphatic rings. The van der Waals surface area contributed by atoms with Gasteiger partial charge in [0.05, 0.1) is 15.2 Å². The SMILES string of the molecule is NC1(Cc2nc3ccc(F)cc3s2)CCC1. The van der Waals surface area contributed by atoms with Crippen LogP contribution >= 0.6 is 11.3 Å². The lowest BCUT2D eigenvalue weighted by atomic mass is 9.75. The van der Waals surface area contributed by atoms with Crippen LogP contribution in [0.4, 0.5) is 4.39 Å². The lowest BCUT2D eigenvalue weighted by molar-refractivity contribution is 0.247. The second-order valence-corrected chi connectivity index (χ2v) is 5.73. The van der Waals surface area contributed by atoms with Crippen molar-refractivity contribution in [3.8, 4) is 0 Å². The molecular weight excluding hydrogens is 223 g/mol. The van der Waals surface area contributed by atoms with E-state index in [1.54, 1.807) is 23.5 Å². The summed E-state index contributed by atoms with van der Waals surface area (Å²) in [5.74, 6) is -0.200. The van der Waals surface area contributed by atoms with E-state index in [1.165, 1.54) is 12.5 Å². The largest absolute Gasteiger partial charge is 0.325 e. The Labute approximate surface area is 97.3 Å². The third kappa shape index (κ3) is 1.72. The van der Waals surface area contributed by atoms with Crippen molar-refractivity contribution in [3.63, 3.8) is 0 Å². The van der Waals surface area contributed by atoms with E-state index in [9.17, 15) is 4.39 Å². The molecule has 0 saturated heterocycles. The fraction of sp³-hybridized carbons (Fsp3) is 0.417. The first kappa shape index (κ1) is 10.2. The van der Waals surface area contributed by atoms with Gasteiger partial charge in [-0.1, -0.05) is 0 Å². The number of fused-ring (bicyclic) bond motifs is 1. The van der Waals surface area contributed by atoms with Gasteiger partial charge in [-0.25, -0.2) is 9.37 Å². The molecule has 0 bridgehead atoms. The van der Waals surface area contributed by atoms with Crippen LogP contribution in [0.15, 0.2) is 18.2 Å². The predicted octanol–water partition coefficient (Wildman–Crippen LogP) is 2.86. The minimum absolute atomic E-state index is 0.0492. The Morgan fingerprint density at radius 1 is 1.44 bits per heavy atom. The molecule has 0 amide bonds. The molecule has 3 rings (SSSR count). The van der Waals surface area contributed by atoms with Gasteiger partial charge in [0.1, 0.15) is 5.82 Å². The lowest BCUT2D eigenvalue weighted by Gasteiger charge is -2.37. The van der Waals surface area contributed by atoms with Crippen molar-refractivity contribution in [3.05, 3.63) is 29.0 Å². The van der Waals surface area contributed by atoms with E-state index in [1.807, 2.05) is 0 Å². The molecule has 1 fully saturated rings. The van der Waals surface area contributed by atoms with Gasteiger partial charge in [-0.2, -0.15) is 0 Å². The molecule has 1 aromatic heterocycles. The summed E-state index contributed by atoms with van der Waals surface area (Å²) in [6.45, 7) is 0. The number of hydrogen-bond acceptors (Lipinski definition) is 3. The van der Waals surface area contributed by atoms with Crippen LogP contribution in [0.1, 0.15) is 24.3 Å². The van der Waals surface area contributed by atoms with Crippen LogP contribution < -0.4 is 5.73 Å². The van der Waals surface area contributed by atoms with Crippen molar-refractivity contribution < 1.29 is 4.39 Å². The van der Waals surface area contributed by atoms with Crippen LogP contribution in [-0.4, -0.2) is 10.5 Å². The quantitative estimate of drug-likeness (QED) is 0.870.